The van der Waals surface area contributed by atoms with Gasteiger partial charge in [0.2, 0.25) is 5.24 Å². The first-order chi connectivity index (χ1) is 7.50. The van der Waals surface area contributed by atoms with Crippen molar-refractivity contribution in [1.82, 2.24) is 4.57 Å². The Hall–Kier alpha value is -1.09. The van der Waals surface area contributed by atoms with Crippen molar-refractivity contribution in [3.8, 4) is 0 Å². The zero-order valence-corrected chi connectivity index (χ0v) is 10.2. The number of nitrogens with zero attached hydrogens (tertiary/aromatic N) is 1. The number of carbonyl (C=O) groups is 1. The van der Waals surface area contributed by atoms with E-state index in [9.17, 15) is 9.59 Å². The molecule has 16 heavy (non-hydrogen) atoms. The van der Waals surface area contributed by atoms with Crippen LogP contribution in [-0.4, -0.2) is 9.81 Å². The fourth-order valence-electron chi connectivity index (χ4n) is 2.08. The van der Waals surface area contributed by atoms with Crippen molar-refractivity contribution in [1.29, 1.82) is 0 Å². The zero-order chi connectivity index (χ0) is 11.9. The number of hydrogen-bond acceptors (Lipinski definition) is 2. The predicted molar refractivity (Wildman–Crippen MR) is 63.0 cm³/mol. The Labute approximate surface area is 99.0 Å². The third kappa shape index (κ3) is 2.05. The normalized spacial score (nSPS) is 15.2. The Balaban J connectivity index is 2.55. The molecule has 0 saturated heterocycles. The van der Waals surface area contributed by atoms with Crippen LogP contribution < -0.4 is 5.56 Å². The minimum absolute atomic E-state index is 0.0270. The molecular formula is C12H14ClNO2. The van der Waals surface area contributed by atoms with E-state index in [4.69, 9.17) is 11.6 Å². The Kier molecular flexibility index (Phi) is 2.89. The van der Waals surface area contributed by atoms with Crippen LogP contribution in [0.3, 0.4) is 0 Å². The van der Waals surface area contributed by atoms with Crippen molar-refractivity contribution in [2.75, 3.05) is 0 Å². The van der Waals surface area contributed by atoms with Gasteiger partial charge in [-0.1, -0.05) is 0 Å². The summed E-state index contributed by atoms with van der Waals surface area (Å²) in [5, 5.41) is -0.480. The number of aromatic nitrogens is 1. The molecule has 1 aliphatic rings. The first-order valence-electron chi connectivity index (χ1n) is 5.40. The summed E-state index contributed by atoms with van der Waals surface area (Å²) in [6.45, 7) is 3.78. The number of aryl methyl sites for hydroxylation is 2. The topological polar surface area (TPSA) is 39.1 Å². The van der Waals surface area contributed by atoms with Gasteiger partial charge in [-0.25, -0.2) is 0 Å². The van der Waals surface area contributed by atoms with Crippen molar-refractivity contribution in [3.05, 3.63) is 33.2 Å². The summed E-state index contributed by atoms with van der Waals surface area (Å²) in [7, 11) is 0. The molecule has 0 atom stereocenters. The SMILES string of the molecule is Cc1cc(C)n(C2CC2)c(=O)c1CC(=O)Cl. The molecule has 1 aliphatic carbocycles. The summed E-state index contributed by atoms with van der Waals surface area (Å²) in [5.41, 5.74) is 2.32. The van der Waals surface area contributed by atoms with Crippen molar-refractivity contribution in [3.63, 3.8) is 0 Å². The molecule has 86 valence electrons. The second kappa shape index (κ2) is 4.06. The third-order valence-corrected chi connectivity index (χ3v) is 3.12. The minimum atomic E-state index is -0.480. The molecule has 1 aromatic heterocycles. The molecule has 1 heterocycles. The lowest BCUT2D eigenvalue weighted by molar-refractivity contribution is -0.111. The lowest BCUT2D eigenvalue weighted by Crippen LogP contribution is -2.27. The van der Waals surface area contributed by atoms with Crippen LogP contribution in [0, 0.1) is 13.8 Å². The molecule has 3 nitrogen and oxygen atoms in total. The second-order valence-electron chi connectivity index (χ2n) is 4.39. The lowest BCUT2D eigenvalue weighted by Gasteiger charge is -2.12. The van der Waals surface area contributed by atoms with E-state index in [0.29, 0.717) is 11.6 Å². The summed E-state index contributed by atoms with van der Waals surface area (Å²) in [6.07, 6.45) is 2.13. The summed E-state index contributed by atoms with van der Waals surface area (Å²) in [5.74, 6) is 0. The van der Waals surface area contributed by atoms with Gasteiger partial charge in [0.15, 0.2) is 0 Å². The third-order valence-electron chi connectivity index (χ3n) is 2.99. The average molecular weight is 240 g/mol. The maximum atomic E-state index is 12.2. The standard InChI is InChI=1S/C12H14ClNO2/c1-7-5-8(2)14(9-3-4-9)12(16)10(7)6-11(13)15/h5,9H,3-4,6H2,1-2H3. The summed E-state index contributed by atoms with van der Waals surface area (Å²) >= 11 is 5.36. The number of rotatable bonds is 3. The van der Waals surface area contributed by atoms with Gasteiger partial charge in [0.25, 0.3) is 5.56 Å². The van der Waals surface area contributed by atoms with Crippen molar-refractivity contribution in [2.24, 2.45) is 0 Å². The van der Waals surface area contributed by atoms with Gasteiger partial charge in [-0.15, -0.1) is 0 Å². The predicted octanol–water partition coefficient (Wildman–Crippen LogP) is 2.11. The first-order valence-corrected chi connectivity index (χ1v) is 5.78. The molecule has 0 amide bonds. The number of halogens is 1. The Bertz CT molecular complexity index is 500. The van der Waals surface area contributed by atoms with Crippen LogP contribution in [0.2, 0.25) is 0 Å². The molecule has 0 spiro atoms. The molecule has 1 saturated carbocycles. The first kappa shape index (κ1) is 11.4. The van der Waals surface area contributed by atoms with E-state index in [1.54, 1.807) is 4.57 Å². The highest BCUT2D eigenvalue weighted by molar-refractivity contribution is 6.63. The Morgan fingerprint density at radius 2 is 2.12 bits per heavy atom. The van der Waals surface area contributed by atoms with Crippen molar-refractivity contribution in [2.45, 2.75) is 39.2 Å². The van der Waals surface area contributed by atoms with Crippen molar-refractivity contribution < 1.29 is 4.79 Å². The highest BCUT2D eigenvalue weighted by atomic mass is 35.5. The fourth-order valence-corrected chi connectivity index (χ4v) is 2.22. The summed E-state index contributed by atoms with van der Waals surface area (Å²) in [4.78, 5) is 23.1. The van der Waals surface area contributed by atoms with Crippen LogP contribution in [0.5, 0.6) is 0 Å². The van der Waals surface area contributed by atoms with Gasteiger partial charge in [0.1, 0.15) is 0 Å². The van der Waals surface area contributed by atoms with E-state index in [-0.39, 0.29) is 12.0 Å². The van der Waals surface area contributed by atoms with Gasteiger partial charge in [-0.05, 0) is 49.9 Å². The molecule has 4 heteroatoms. The molecule has 0 aliphatic heterocycles. The largest absolute Gasteiger partial charge is 0.310 e. The van der Waals surface area contributed by atoms with E-state index in [1.807, 2.05) is 19.9 Å². The van der Waals surface area contributed by atoms with E-state index < -0.39 is 5.24 Å². The van der Waals surface area contributed by atoms with Gasteiger partial charge in [0, 0.05) is 17.3 Å². The highest BCUT2D eigenvalue weighted by Crippen LogP contribution is 2.34. The average Bonchev–Trinajstić information content (AvgIpc) is 2.95. The molecule has 1 aromatic rings. The van der Waals surface area contributed by atoms with Crippen LogP contribution in [0.15, 0.2) is 10.9 Å². The second-order valence-corrected chi connectivity index (χ2v) is 4.81. The molecule has 0 unspecified atom stereocenters. The van der Waals surface area contributed by atoms with Crippen molar-refractivity contribution >= 4 is 16.8 Å². The van der Waals surface area contributed by atoms with Crippen LogP contribution in [-0.2, 0) is 11.2 Å². The molecular weight excluding hydrogens is 226 g/mol. The quantitative estimate of drug-likeness (QED) is 0.758. The molecule has 2 rings (SSSR count). The molecule has 0 radical (unpaired) electrons. The molecule has 0 N–H and O–H groups in total. The van der Waals surface area contributed by atoms with E-state index >= 15 is 0 Å². The summed E-state index contributed by atoms with van der Waals surface area (Å²) < 4.78 is 1.79. The maximum Gasteiger partial charge on any atom is 0.254 e. The molecule has 0 bridgehead atoms. The van der Waals surface area contributed by atoms with Gasteiger partial charge in [-0.2, -0.15) is 0 Å². The van der Waals surface area contributed by atoms with E-state index in [2.05, 4.69) is 0 Å². The van der Waals surface area contributed by atoms with Crippen LogP contribution in [0.25, 0.3) is 0 Å². The lowest BCUT2D eigenvalue weighted by atomic mass is 10.1. The van der Waals surface area contributed by atoms with Gasteiger partial charge in [-0.3, -0.25) is 9.59 Å². The van der Waals surface area contributed by atoms with Gasteiger partial charge < -0.3 is 4.57 Å². The Morgan fingerprint density at radius 3 is 2.62 bits per heavy atom. The van der Waals surface area contributed by atoms with Gasteiger partial charge >= 0.3 is 0 Å². The smallest absolute Gasteiger partial charge is 0.254 e. The highest BCUT2D eigenvalue weighted by Gasteiger charge is 2.27. The van der Waals surface area contributed by atoms with E-state index in [1.165, 1.54) is 0 Å². The monoisotopic (exact) mass is 239 g/mol. The maximum absolute atomic E-state index is 12.2. The van der Waals surface area contributed by atoms with Crippen LogP contribution >= 0.6 is 11.6 Å². The number of hydrogen-bond donors (Lipinski definition) is 0. The number of carbonyl (C=O) groups excluding carboxylic acids is 1. The van der Waals surface area contributed by atoms with Crippen LogP contribution in [0.4, 0.5) is 0 Å². The van der Waals surface area contributed by atoms with Gasteiger partial charge in [0.05, 0.1) is 6.42 Å². The van der Waals surface area contributed by atoms with Crippen LogP contribution in [0.1, 0.15) is 35.7 Å². The fraction of sp³-hybridized carbons (Fsp3) is 0.500. The summed E-state index contributed by atoms with van der Waals surface area (Å²) in [6, 6.07) is 2.28. The molecule has 1 fully saturated rings. The van der Waals surface area contributed by atoms with E-state index in [0.717, 1.165) is 24.1 Å². The number of pyridine rings is 1. The zero-order valence-electron chi connectivity index (χ0n) is 9.42. The minimum Gasteiger partial charge on any atom is -0.310 e. The Morgan fingerprint density at radius 1 is 1.50 bits per heavy atom. The molecule has 0 aromatic carbocycles.